The number of carboxylic acids is 1. The molecular formula is C42H65N5O7S. The molecule has 1 fully saturated rings. The number of hydrogen-bond donors (Lipinski definition) is 3. The Balaban J connectivity index is 1.89. The normalized spacial score (nSPS) is 18.3. The van der Waals surface area contributed by atoms with E-state index in [4.69, 9.17) is 4.74 Å². The van der Waals surface area contributed by atoms with Crippen molar-refractivity contribution in [3.05, 3.63) is 52.0 Å². The molecule has 7 atom stereocenters. The number of nitrogens with zero attached hydrogens (tertiary/aromatic N) is 3. The number of amides is 3. The lowest BCUT2D eigenvalue weighted by atomic mass is 9.92. The van der Waals surface area contributed by atoms with Crippen molar-refractivity contribution in [2.45, 2.75) is 137 Å². The molecule has 0 saturated carbocycles. The second kappa shape index (κ2) is 20.9. The molecule has 0 aliphatic carbocycles. The van der Waals surface area contributed by atoms with Gasteiger partial charge in [0, 0.05) is 30.9 Å². The van der Waals surface area contributed by atoms with Gasteiger partial charge in [-0.25, -0.2) is 4.98 Å². The summed E-state index contributed by atoms with van der Waals surface area (Å²) in [6.07, 6.45) is 3.64. The molecule has 306 valence electrons. The molecule has 12 nitrogen and oxygen atoms in total. The molecule has 1 saturated heterocycles. The largest absolute Gasteiger partial charge is 0.481 e. The van der Waals surface area contributed by atoms with E-state index in [1.54, 1.807) is 24.3 Å². The van der Waals surface area contributed by atoms with Gasteiger partial charge >= 0.3 is 11.9 Å². The van der Waals surface area contributed by atoms with E-state index in [9.17, 15) is 29.1 Å². The maximum atomic E-state index is 14.3. The number of carbonyl (C=O) groups is 5. The quantitative estimate of drug-likeness (QED) is 0.135. The van der Waals surface area contributed by atoms with Crippen molar-refractivity contribution in [1.29, 1.82) is 0 Å². The number of carbonyl (C=O) groups excluding carboxylic acids is 4. The van der Waals surface area contributed by atoms with Crippen LogP contribution in [-0.2, 0) is 30.3 Å². The molecule has 0 spiro atoms. The SMILES string of the molecule is CC[C@H](C)[C@H](NC(=O)C1CCCCN1C)C(=O)N(C)[C@H](C[C@@H](OC(=O)CC(C)(C)C)c1nc(C(=O)NC(Cc2ccccc2)CC(C)C(=O)O)cs1)C(C)C. The summed E-state index contributed by atoms with van der Waals surface area (Å²) >= 11 is 1.20. The Hall–Kier alpha value is -3.84. The van der Waals surface area contributed by atoms with Gasteiger partial charge in [0.15, 0.2) is 6.10 Å². The smallest absolute Gasteiger partial charge is 0.307 e. The van der Waals surface area contributed by atoms with Crippen molar-refractivity contribution in [2.24, 2.45) is 23.2 Å². The zero-order valence-electron chi connectivity index (χ0n) is 34.6. The Bertz CT molecular complexity index is 1580. The summed E-state index contributed by atoms with van der Waals surface area (Å²) < 4.78 is 6.14. The molecular weight excluding hydrogens is 719 g/mol. The Morgan fingerprint density at radius 2 is 1.71 bits per heavy atom. The molecule has 3 unspecified atom stereocenters. The topological polar surface area (TPSA) is 158 Å². The number of aliphatic carboxylic acids is 1. The molecule has 1 aliphatic rings. The summed E-state index contributed by atoms with van der Waals surface area (Å²) in [5.41, 5.74) is 0.759. The van der Waals surface area contributed by atoms with Gasteiger partial charge in [-0.05, 0) is 62.1 Å². The van der Waals surface area contributed by atoms with Gasteiger partial charge in [0.25, 0.3) is 5.91 Å². The molecule has 3 amide bonds. The van der Waals surface area contributed by atoms with Crippen LogP contribution in [0, 0.1) is 23.2 Å². The number of esters is 1. The van der Waals surface area contributed by atoms with Crippen LogP contribution >= 0.6 is 11.3 Å². The Kier molecular flexibility index (Phi) is 17.3. The number of rotatable bonds is 19. The predicted octanol–water partition coefficient (Wildman–Crippen LogP) is 6.50. The number of hydrogen-bond acceptors (Lipinski definition) is 9. The molecule has 13 heteroatoms. The van der Waals surface area contributed by atoms with Gasteiger partial charge in [-0.1, -0.05) is 98.6 Å². The van der Waals surface area contributed by atoms with Crippen LogP contribution in [-0.4, -0.2) is 94.4 Å². The lowest BCUT2D eigenvalue weighted by Crippen LogP contribution is -2.58. The highest BCUT2D eigenvalue weighted by molar-refractivity contribution is 7.09. The van der Waals surface area contributed by atoms with Crippen molar-refractivity contribution in [2.75, 3.05) is 20.6 Å². The standard InChI is InChI=1S/C42H65N5O7S/c1-11-27(4)36(45-38(50)32-19-15-16-20-46(32)9)40(51)47(10)33(26(2)3)23-34(54-35(48)24-42(6,7)8)39-44-31(25-55-39)37(49)43-30(21-28(5)41(52)53)22-29-17-13-12-14-18-29/h12-14,17-18,25-28,30,32-34,36H,11,15-16,19-24H2,1-10H3,(H,43,49)(H,45,50)(H,52,53)/t27-,28?,30?,32?,33+,34+,36-/m0/s1. The number of aromatic nitrogens is 1. The van der Waals surface area contributed by atoms with E-state index < -0.39 is 48.0 Å². The van der Waals surface area contributed by atoms with E-state index >= 15 is 0 Å². The zero-order chi connectivity index (χ0) is 41.0. The first-order valence-corrected chi connectivity index (χ1v) is 20.7. The van der Waals surface area contributed by atoms with Crippen molar-refractivity contribution < 1.29 is 33.8 Å². The summed E-state index contributed by atoms with van der Waals surface area (Å²) in [5, 5.41) is 17.7. The molecule has 1 aromatic heterocycles. The minimum absolute atomic E-state index is 0.0618. The van der Waals surface area contributed by atoms with Crippen LogP contribution in [0.4, 0.5) is 0 Å². The first kappa shape index (κ1) is 45.5. The lowest BCUT2D eigenvalue weighted by molar-refractivity contribution is -0.153. The van der Waals surface area contributed by atoms with Crippen LogP contribution < -0.4 is 10.6 Å². The van der Waals surface area contributed by atoms with Crippen LogP contribution in [0.2, 0.25) is 0 Å². The average molecular weight is 784 g/mol. The van der Waals surface area contributed by atoms with E-state index in [2.05, 4.69) is 20.5 Å². The fraction of sp³-hybridized carbons (Fsp3) is 0.667. The van der Waals surface area contributed by atoms with Crippen molar-refractivity contribution in [3.63, 3.8) is 0 Å². The van der Waals surface area contributed by atoms with Crippen LogP contribution in [0.1, 0.15) is 127 Å². The van der Waals surface area contributed by atoms with Crippen LogP contribution in [0.3, 0.4) is 0 Å². The zero-order valence-corrected chi connectivity index (χ0v) is 35.4. The van der Waals surface area contributed by atoms with E-state index in [0.29, 0.717) is 17.8 Å². The minimum Gasteiger partial charge on any atom is -0.481 e. The molecule has 3 N–H and O–H groups in total. The highest BCUT2D eigenvalue weighted by Gasteiger charge is 2.38. The van der Waals surface area contributed by atoms with E-state index in [0.717, 1.165) is 31.4 Å². The van der Waals surface area contributed by atoms with Gasteiger partial charge in [-0.15, -0.1) is 11.3 Å². The maximum absolute atomic E-state index is 14.3. The summed E-state index contributed by atoms with van der Waals surface area (Å²) in [6, 6.07) is 7.68. The van der Waals surface area contributed by atoms with Gasteiger partial charge in [0.05, 0.1) is 18.4 Å². The summed E-state index contributed by atoms with van der Waals surface area (Å²) in [7, 11) is 3.68. The first-order valence-electron chi connectivity index (χ1n) is 19.8. The maximum Gasteiger partial charge on any atom is 0.307 e. The summed E-state index contributed by atoms with van der Waals surface area (Å²) in [5.74, 6) is -3.02. The number of carboxylic acid groups (broad SMARTS) is 1. The average Bonchev–Trinajstić information content (AvgIpc) is 3.61. The second-order valence-corrected chi connectivity index (χ2v) is 17.9. The number of likely N-dealkylation sites (tertiary alicyclic amines) is 1. The third-order valence-corrected chi connectivity index (χ3v) is 11.6. The van der Waals surface area contributed by atoms with Crippen LogP contribution in [0.15, 0.2) is 35.7 Å². The van der Waals surface area contributed by atoms with Gasteiger partial charge in [0.2, 0.25) is 11.8 Å². The summed E-state index contributed by atoms with van der Waals surface area (Å²) in [6.45, 7) is 16.3. The third kappa shape index (κ3) is 14.0. The minimum atomic E-state index is -0.944. The number of ether oxygens (including phenoxy) is 1. The van der Waals surface area contributed by atoms with Crippen molar-refractivity contribution >= 4 is 41.0 Å². The third-order valence-electron chi connectivity index (χ3n) is 10.6. The molecule has 0 bridgehead atoms. The number of likely N-dealkylation sites (N-methyl/N-ethyl adjacent to an activating group) is 2. The number of piperidine rings is 1. The van der Waals surface area contributed by atoms with Crippen LogP contribution in [0.5, 0.6) is 0 Å². The van der Waals surface area contributed by atoms with Gasteiger partial charge in [-0.2, -0.15) is 0 Å². The molecule has 2 aromatic rings. The highest BCUT2D eigenvalue weighted by Crippen LogP contribution is 2.33. The number of thiazole rings is 1. The Morgan fingerprint density at radius 3 is 2.29 bits per heavy atom. The highest BCUT2D eigenvalue weighted by atomic mass is 32.1. The van der Waals surface area contributed by atoms with Crippen molar-refractivity contribution in [3.8, 4) is 0 Å². The molecule has 55 heavy (non-hydrogen) atoms. The lowest BCUT2D eigenvalue weighted by Gasteiger charge is -2.38. The Morgan fingerprint density at radius 1 is 1.04 bits per heavy atom. The molecule has 0 radical (unpaired) electrons. The Labute approximate surface area is 332 Å². The molecule has 1 aromatic carbocycles. The number of benzene rings is 1. The predicted molar refractivity (Wildman–Crippen MR) is 216 cm³/mol. The first-order chi connectivity index (χ1) is 25.8. The van der Waals surface area contributed by atoms with Crippen LogP contribution in [0.25, 0.3) is 0 Å². The number of nitrogens with one attached hydrogen (secondary N) is 2. The van der Waals surface area contributed by atoms with Gasteiger partial charge in [0.1, 0.15) is 16.7 Å². The fourth-order valence-electron chi connectivity index (χ4n) is 7.07. The van der Waals surface area contributed by atoms with E-state index in [1.165, 1.54) is 11.3 Å². The fourth-order valence-corrected chi connectivity index (χ4v) is 7.91. The van der Waals surface area contributed by atoms with Crippen molar-refractivity contribution in [1.82, 2.24) is 25.4 Å². The monoisotopic (exact) mass is 783 g/mol. The second-order valence-electron chi connectivity index (χ2n) is 17.0. The molecule has 2 heterocycles. The van der Waals surface area contributed by atoms with E-state index in [-0.39, 0.29) is 60.1 Å². The van der Waals surface area contributed by atoms with Gasteiger partial charge in [-0.3, -0.25) is 28.9 Å². The summed E-state index contributed by atoms with van der Waals surface area (Å²) in [4.78, 5) is 75.0. The van der Waals surface area contributed by atoms with Gasteiger partial charge < -0.3 is 25.4 Å². The molecule has 3 rings (SSSR count). The molecule has 1 aliphatic heterocycles. The van der Waals surface area contributed by atoms with E-state index in [1.807, 2.05) is 85.8 Å².